The summed E-state index contributed by atoms with van der Waals surface area (Å²) in [5.74, 6) is 1.49. The number of rotatable bonds is 4. The summed E-state index contributed by atoms with van der Waals surface area (Å²) < 4.78 is 12.9. The van der Waals surface area contributed by atoms with Crippen LogP contribution in [0.25, 0.3) is 17.1 Å². The highest BCUT2D eigenvalue weighted by Crippen LogP contribution is 2.29. The standard InChI is InChI=1S/C22H26N6O2/c1-14-7-15(8-16-11-27(2)5-3-19(14)16)20-10-24-21(23)22(26-20)28-12-18(9-25-28)30-17-4-6-29-13-17/h7-10,12,17H,3-6,11,13H2,1-2H3,(H2,23,24). The zero-order chi connectivity index (χ0) is 20.7. The Labute approximate surface area is 175 Å². The first-order valence-corrected chi connectivity index (χ1v) is 10.3. The third-order valence-electron chi connectivity index (χ3n) is 5.79. The molecule has 2 aliphatic rings. The second kappa shape index (κ2) is 7.70. The molecule has 0 aliphatic carbocycles. The molecular formula is C22H26N6O2. The zero-order valence-corrected chi connectivity index (χ0v) is 17.3. The van der Waals surface area contributed by atoms with Gasteiger partial charge in [-0.3, -0.25) is 0 Å². The summed E-state index contributed by atoms with van der Waals surface area (Å²) in [4.78, 5) is 11.5. The summed E-state index contributed by atoms with van der Waals surface area (Å²) in [7, 11) is 2.15. The van der Waals surface area contributed by atoms with Gasteiger partial charge in [0.1, 0.15) is 6.10 Å². The Bertz CT molecular complexity index is 1070. The summed E-state index contributed by atoms with van der Waals surface area (Å²) in [6.07, 6.45) is 7.21. The first-order valence-electron chi connectivity index (χ1n) is 10.3. The molecule has 2 aromatic heterocycles. The van der Waals surface area contributed by atoms with Crippen LogP contribution in [-0.4, -0.2) is 57.6 Å². The normalized spacial score (nSPS) is 19.1. The molecule has 4 heterocycles. The molecule has 2 N–H and O–H groups in total. The van der Waals surface area contributed by atoms with E-state index in [2.05, 4.69) is 41.1 Å². The largest absolute Gasteiger partial charge is 0.485 e. The molecule has 0 bridgehead atoms. The van der Waals surface area contributed by atoms with Crippen LogP contribution in [0.2, 0.25) is 0 Å². The fraction of sp³-hybridized carbons (Fsp3) is 0.409. The van der Waals surface area contributed by atoms with E-state index in [1.54, 1.807) is 23.3 Å². The Balaban J connectivity index is 1.46. The Kier molecular flexibility index (Phi) is 4.88. The highest BCUT2D eigenvalue weighted by Gasteiger charge is 2.20. The van der Waals surface area contributed by atoms with E-state index in [1.165, 1.54) is 16.7 Å². The molecule has 5 rings (SSSR count). The van der Waals surface area contributed by atoms with Crippen molar-refractivity contribution < 1.29 is 9.47 Å². The van der Waals surface area contributed by atoms with Crippen molar-refractivity contribution in [1.29, 1.82) is 0 Å². The Morgan fingerprint density at radius 1 is 1.27 bits per heavy atom. The molecule has 3 aromatic rings. The molecule has 30 heavy (non-hydrogen) atoms. The quantitative estimate of drug-likeness (QED) is 0.711. The van der Waals surface area contributed by atoms with Gasteiger partial charge in [-0.25, -0.2) is 14.6 Å². The molecule has 0 spiro atoms. The summed E-state index contributed by atoms with van der Waals surface area (Å²) in [5.41, 5.74) is 12.1. The van der Waals surface area contributed by atoms with Crippen molar-refractivity contribution in [2.75, 3.05) is 32.5 Å². The van der Waals surface area contributed by atoms with Gasteiger partial charge in [0.05, 0.1) is 37.5 Å². The van der Waals surface area contributed by atoms with Gasteiger partial charge < -0.3 is 20.1 Å². The van der Waals surface area contributed by atoms with E-state index in [9.17, 15) is 0 Å². The Morgan fingerprint density at radius 3 is 3.00 bits per heavy atom. The predicted octanol–water partition coefficient (Wildman–Crippen LogP) is 2.38. The van der Waals surface area contributed by atoms with Crippen LogP contribution in [0.15, 0.2) is 30.7 Å². The first kappa shape index (κ1) is 19.0. The average molecular weight is 406 g/mol. The number of hydrogen-bond donors (Lipinski definition) is 1. The summed E-state index contributed by atoms with van der Waals surface area (Å²) in [6, 6.07) is 4.41. The Morgan fingerprint density at radius 2 is 2.17 bits per heavy atom. The predicted molar refractivity (Wildman–Crippen MR) is 114 cm³/mol. The Hall–Kier alpha value is -2.97. The van der Waals surface area contributed by atoms with Crippen LogP contribution >= 0.6 is 0 Å². The number of aromatic nitrogens is 4. The lowest BCUT2D eigenvalue weighted by Gasteiger charge is -2.27. The number of ether oxygens (including phenoxy) is 2. The van der Waals surface area contributed by atoms with Gasteiger partial charge in [0.2, 0.25) is 0 Å². The highest BCUT2D eigenvalue weighted by atomic mass is 16.5. The third kappa shape index (κ3) is 3.64. The summed E-state index contributed by atoms with van der Waals surface area (Å²) in [6.45, 7) is 5.55. The highest BCUT2D eigenvalue weighted by molar-refractivity contribution is 5.65. The lowest BCUT2D eigenvalue weighted by molar-refractivity contribution is 0.141. The van der Waals surface area contributed by atoms with E-state index in [0.717, 1.165) is 43.8 Å². The van der Waals surface area contributed by atoms with Gasteiger partial charge in [0.15, 0.2) is 17.4 Å². The molecule has 0 saturated carbocycles. The van der Waals surface area contributed by atoms with Gasteiger partial charge in [-0.15, -0.1) is 0 Å². The topological polar surface area (TPSA) is 91.3 Å². The minimum absolute atomic E-state index is 0.0639. The molecule has 8 heteroatoms. The maximum Gasteiger partial charge on any atom is 0.197 e. The van der Waals surface area contributed by atoms with Crippen LogP contribution in [0.5, 0.6) is 5.75 Å². The van der Waals surface area contributed by atoms with E-state index in [1.807, 2.05) is 0 Å². The number of nitrogen functional groups attached to an aromatic ring is 1. The van der Waals surface area contributed by atoms with E-state index >= 15 is 0 Å². The van der Waals surface area contributed by atoms with Crippen molar-refractivity contribution in [3.8, 4) is 22.8 Å². The van der Waals surface area contributed by atoms with E-state index in [-0.39, 0.29) is 6.10 Å². The molecule has 8 nitrogen and oxygen atoms in total. The van der Waals surface area contributed by atoms with Crippen molar-refractivity contribution in [3.05, 3.63) is 47.4 Å². The van der Waals surface area contributed by atoms with E-state index in [0.29, 0.717) is 24.0 Å². The lowest BCUT2D eigenvalue weighted by atomic mass is 9.92. The van der Waals surface area contributed by atoms with Gasteiger partial charge in [0, 0.05) is 25.1 Å². The minimum Gasteiger partial charge on any atom is -0.485 e. The first-order chi connectivity index (χ1) is 14.6. The van der Waals surface area contributed by atoms with Gasteiger partial charge in [-0.05, 0) is 49.2 Å². The van der Waals surface area contributed by atoms with Gasteiger partial charge in [0.25, 0.3) is 0 Å². The van der Waals surface area contributed by atoms with Gasteiger partial charge >= 0.3 is 0 Å². The van der Waals surface area contributed by atoms with Crippen molar-refractivity contribution >= 4 is 5.82 Å². The lowest BCUT2D eigenvalue weighted by Crippen LogP contribution is -2.27. The van der Waals surface area contributed by atoms with Crippen molar-refractivity contribution in [2.45, 2.75) is 32.4 Å². The monoisotopic (exact) mass is 406 g/mol. The number of nitrogens with two attached hydrogens (primary N) is 1. The van der Waals surface area contributed by atoms with E-state index < -0.39 is 0 Å². The molecule has 1 unspecified atom stereocenters. The van der Waals surface area contributed by atoms with Crippen LogP contribution in [0.4, 0.5) is 5.82 Å². The molecule has 1 saturated heterocycles. The van der Waals surface area contributed by atoms with Crippen LogP contribution in [0.1, 0.15) is 23.1 Å². The van der Waals surface area contributed by atoms with E-state index in [4.69, 9.17) is 20.2 Å². The molecule has 1 aromatic carbocycles. The van der Waals surface area contributed by atoms with Crippen LogP contribution in [0.3, 0.4) is 0 Å². The number of hydrogen-bond acceptors (Lipinski definition) is 7. The van der Waals surface area contributed by atoms with Crippen molar-refractivity contribution in [3.63, 3.8) is 0 Å². The summed E-state index contributed by atoms with van der Waals surface area (Å²) in [5, 5.41) is 4.38. The van der Waals surface area contributed by atoms with Crippen LogP contribution in [0, 0.1) is 6.92 Å². The number of fused-ring (bicyclic) bond motifs is 1. The number of aryl methyl sites for hydroxylation is 1. The second-order valence-corrected chi connectivity index (χ2v) is 8.11. The number of anilines is 1. The van der Waals surface area contributed by atoms with Crippen LogP contribution in [-0.2, 0) is 17.7 Å². The zero-order valence-electron chi connectivity index (χ0n) is 17.3. The second-order valence-electron chi connectivity index (χ2n) is 8.11. The molecular weight excluding hydrogens is 380 g/mol. The smallest absolute Gasteiger partial charge is 0.197 e. The summed E-state index contributed by atoms with van der Waals surface area (Å²) >= 11 is 0. The molecule has 0 radical (unpaired) electrons. The van der Waals surface area contributed by atoms with Crippen molar-refractivity contribution in [2.24, 2.45) is 0 Å². The van der Waals surface area contributed by atoms with Crippen LogP contribution < -0.4 is 10.5 Å². The average Bonchev–Trinajstić information content (AvgIpc) is 3.40. The number of benzene rings is 1. The fourth-order valence-corrected chi connectivity index (χ4v) is 4.19. The maximum atomic E-state index is 6.13. The number of likely N-dealkylation sites (N-methyl/N-ethyl adjacent to an activating group) is 1. The third-order valence-corrected chi connectivity index (χ3v) is 5.79. The fourth-order valence-electron chi connectivity index (χ4n) is 4.19. The molecule has 2 aliphatic heterocycles. The molecule has 156 valence electrons. The number of nitrogens with zero attached hydrogens (tertiary/aromatic N) is 5. The molecule has 0 amide bonds. The van der Waals surface area contributed by atoms with Crippen molar-refractivity contribution in [1.82, 2.24) is 24.6 Å². The minimum atomic E-state index is 0.0639. The maximum absolute atomic E-state index is 6.13. The SMILES string of the molecule is Cc1cc(-c2cnc(N)c(-n3cc(OC4CCOC4)cn3)n2)cc2c1CCN(C)C2. The molecule has 1 atom stereocenters. The van der Waals surface area contributed by atoms with Gasteiger partial charge in [-0.2, -0.15) is 5.10 Å². The molecule has 1 fully saturated rings. The van der Waals surface area contributed by atoms with Gasteiger partial charge in [-0.1, -0.05) is 0 Å².